The molecular weight excluding hydrogens is 298 g/mol. The fourth-order valence-corrected chi connectivity index (χ4v) is 2.74. The smallest absolute Gasteiger partial charge is 0.282 e. The van der Waals surface area contributed by atoms with E-state index in [9.17, 15) is 4.79 Å². The molecule has 2 heterocycles. The highest BCUT2D eigenvalue weighted by molar-refractivity contribution is 7.16. The maximum atomic E-state index is 12.0. The van der Waals surface area contributed by atoms with Crippen LogP contribution in [0.4, 0.5) is 0 Å². The first-order valence-electron chi connectivity index (χ1n) is 6.96. The molecule has 0 radical (unpaired) electrons. The molecule has 1 N–H and O–H groups in total. The van der Waals surface area contributed by atoms with Crippen molar-refractivity contribution in [3.05, 3.63) is 54.1 Å². The van der Waals surface area contributed by atoms with Gasteiger partial charge in [0.1, 0.15) is 5.01 Å². The largest absolute Gasteiger partial charge is 0.350 e. The third-order valence-corrected chi connectivity index (χ3v) is 4.05. The number of carbonyl (C=O) groups is 1. The first kappa shape index (κ1) is 14.4. The molecule has 0 spiro atoms. The molecule has 1 amide bonds. The van der Waals surface area contributed by atoms with E-state index < -0.39 is 0 Å². The van der Waals surface area contributed by atoms with Crippen molar-refractivity contribution in [2.24, 2.45) is 0 Å². The van der Waals surface area contributed by atoms with Crippen LogP contribution in [-0.4, -0.2) is 32.2 Å². The van der Waals surface area contributed by atoms with Crippen molar-refractivity contribution in [3.63, 3.8) is 0 Å². The van der Waals surface area contributed by atoms with Gasteiger partial charge < -0.3 is 9.88 Å². The van der Waals surface area contributed by atoms with Crippen molar-refractivity contribution in [2.75, 3.05) is 6.54 Å². The Labute approximate surface area is 131 Å². The minimum Gasteiger partial charge on any atom is -0.350 e. The number of benzene rings is 1. The lowest BCUT2D eigenvalue weighted by molar-refractivity contribution is 0.0951. The van der Waals surface area contributed by atoms with Crippen LogP contribution in [0.5, 0.6) is 0 Å². The topological polar surface area (TPSA) is 72.7 Å². The van der Waals surface area contributed by atoms with E-state index in [-0.39, 0.29) is 5.91 Å². The second-order valence-corrected chi connectivity index (χ2v) is 5.67. The van der Waals surface area contributed by atoms with E-state index in [2.05, 4.69) is 20.5 Å². The number of hydrogen-bond acceptors (Lipinski definition) is 5. The predicted octanol–water partition coefficient (Wildman–Crippen LogP) is 2.22. The van der Waals surface area contributed by atoms with Crippen LogP contribution in [0, 0.1) is 0 Å². The van der Waals surface area contributed by atoms with Gasteiger partial charge >= 0.3 is 0 Å². The summed E-state index contributed by atoms with van der Waals surface area (Å²) in [7, 11) is 0. The zero-order chi connectivity index (χ0) is 15.2. The molecule has 0 unspecified atom stereocenters. The van der Waals surface area contributed by atoms with Crippen LogP contribution in [0.1, 0.15) is 16.2 Å². The second-order valence-electron chi connectivity index (χ2n) is 4.69. The molecule has 0 aliphatic heterocycles. The number of nitrogens with zero attached hydrogens (tertiary/aromatic N) is 4. The molecule has 0 atom stereocenters. The SMILES string of the molecule is O=C(NCCCn1ccnc1)c1nnc(-c2ccccc2)s1. The number of carbonyl (C=O) groups excluding carboxylic acids is 1. The number of aryl methyl sites for hydroxylation is 1. The highest BCUT2D eigenvalue weighted by Gasteiger charge is 2.13. The molecule has 0 aliphatic carbocycles. The number of aromatic nitrogens is 4. The number of imidazole rings is 1. The molecule has 2 aromatic heterocycles. The Balaban J connectivity index is 1.51. The molecular formula is C15H15N5OS. The summed E-state index contributed by atoms with van der Waals surface area (Å²) in [6.45, 7) is 1.42. The van der Waals surface area contributed by atoms with Crippen LogP contribution in [-0.2, 0) is 6.54 Å². The Morgan fingerprint density at radius 2 is 2.09 bits per heavy atom. The summed E-state index contributed by atoms with van der Waals surface area (Å²) in [6.07, 6.45) is 6.24. The van der Waals surface area contributed by atoms with Gasteiger partial charge in [-0.3, -0.25) is 4.79 Å². The van der Waals surface area contributed by atoms with Crippen molar-refractivity contribution in [1.29, 1.82) is 0 Å². The van der Waals surface area contributed by atoms with Gasteiger partial charge in [-0.2, -0.15) is 0 Å². The summed E-state index contributed by atoms with van der Waals surface area (Å²) < 4.78 is 1.98. The average molecular weight is 313 g/mol. The molecule has 112 valence electrons. The summed E-state index contributed by atoms with van der Waals surface area (Å²) in [4.78, 5) is 16.0. The standard InChI is InChI=1S/C15H15N5OS/c21-13(17-7-4-9-20-10-8-16-11-20)15-19-18-14(22-15)12-5-2-1-3-6-12/h1-3,5-6,8,10-11H,4,7,9H2,(H,17,21). The van der Waals surface area contributed by atoms with E-state index in [0.717, 1.165) is 23.5 Å². The Morgan fingerprint density at radius 1 is 1.23 bits per heavy atom. The molecule has 1 aromatic carbocycles. The number of hydrogen-bond donors (Lipinski definition) is 1. The van der Waals surface area contributed by atoms with E-state index in [0.29, 0.717) is 11.6 Å². The number of amides is 1. The first-order valence-corrected chi connectivity index (χ1v) is 7.77. The van der Waals surface area contributed by atoms with E-state index in [4.69, 9.17) is 0 Å². The monoisotopic (exact) mass is 313 g/mol. The van der Waals surface area contributed by atoms with Crippen molar-refractivity contribution in [1.82, 2.24) is 25.1 Å². The molecule has 0 bridgehead atoms. The van der Waals surface area contributed by atoms with Crippen LogP contribution in [0.15, 0.2) is 49.1 Å². The van der Waals surface area contributed by atoms with Gasteiger partial charge in [0.15, 0.2) is 0 Å². The number of rotatable bonds is 6. The Kier molecular flexibility index (Phi) is 4.55. The fraction of sp³-hybridized carbons (Fsp3) is 0.200. The van der Waals surface area contributed by atoms with E-state index >= 15 is 0 Å². The van der Waals surface area contributed by atoms with Gasteiger partial charge in [-0.15, -0.1) is 10.2 Å². The Morgan fingerprint density at radius 3 is 2.86 bits per heavy atom. The van der Waals surface area contributed by atoms with Crippen LogP contribution < -0.4 is 5.32 Å². The molecule has 6 nitrogen and oxygen atoms in total. The normalized spacial score (nSPS) is 10.5. The zero-order valence-corrected chi connectivity index (χ0v) is 12.7. The molecule has 7 heteroatoms. The third kappa shape index (κ3) is 3.56. The van der Waals surface area contributed by atoms with E-state index in [1.165, 1.54) is 11.3 Å². The third-order valence-electron chi connectivity index (χ3n) is 3.08. The van der Waals surface area contributed by atoms with Gasteiger partial charge in [0.25, 0.3) is 5.91 Å². The lowest BCUT2D eigenvalue weighted by Crippen LogP contribution is -2.25. The quantitative estimate of drug-likeness (QED) is 0.708. The van der Waals surface area contributed by atoms with E-state index in [1.807, 2.05) is 41.1 Å². The van der Waals surface area contributed by atoms with Crippen LogP contribution in [0.2, 0.25) is 0 Å². The molecule has 0 saturated carbocycles. The molecule has 0 fully saturated rings. The maximum Gasteiger partial charge on any atom is 0.282 e. The van der Waals surface area contributed by atoms with Gasteiger partial charge in [-0.1, -0.05) is 41.7 Å². The van der Waals surface area contributed by atoms with Crippen LogP contribution in [0.25, 0.3) is 10.6 Å². The number of nitrogens with one attached hydrogen (secondary N) is 1. The molecule has 3 rings (SSSR count). The zero-order valence-electron chi connectivity index (χ0n) is 11.8. The molecule has 3 aromatic rings. The second kappa shape index (κ2) is 6.95. The summed E-state index contributed by atoms with van der Waals surface area (Å²) in [5, 5.41) is 12.0. The van der Waals surface area contributed by atoms with E-state index in [1.54, 1.807) is 12.5 Å². The minimum absolute atomic E-state index is 0.176. The first-order chi connectivity index (χ1) is 10.8. The van der Waals surface area contributed by atoms with Crippen molar-refractivity contribution in [2.45, 2.75) is 13.0 Å². The van der Waals surface area contributed by atoms with Gasteiger partial charge in [0.05, 0.1) is 6.33 Å². The maximum absolute atomic E-state index is 12.0. The van der Waals surface area contributed by atoms with Gasteiger partial charge in [0.2, 0.25) is 5.01 Å². The summed E-state index contributed by atoms with van der Waals surface area (Å²) >= 11 is 1.30. The lowest BCUT2D eigenvalue weighted by Gasteiger charge is -2.03. The van der Waals surface area contributed by atoms with Gasteiger partial charge in [-0.05, 0) is 6.42 Å². The van der Waals surface area contributed by atoms with Gasteiger partial charge in [-0.25, -0.2) is 4.98 Å². The van der Waals surface area contributed by atoms with Crippen molar-refractivity contribution >= 4 is 17.2 Å². The summed E-state index contributed by atoms with van der Waals surface area (Å²) in [5.74, 6) is -0.176. The van der Waals surface area contributed by atoms with Crippen LogP contribution in [0.3, 0.4) is 0 Å². The van der Waals surface area contributed by atoms with Crippen molar-refractivity contribution in [3.8, 4) is 10.6 Å². The molecule has 0 saturated heterocycles. The highest BCUT2D eigenvalue weighted by atomic mass is 32.1. The van der Waals surface area contributed by atoms with Crippen molar-refractivity contribution < 1.29 is 4.79 Å². The minimum atomic E-state index is -0.176. The fourth-order valence-electron chi connectivity index (χ4n) is 1.97. The van der Waals surface area contributed by atoms with Gasteiger partial charge in [0, 0.05) is 31.0 Å². The summed E-state index contributed by atoms with van der Waals surface area (Å²) in [6, 6.07) is 9.72. The summed E-state index contributed by atoms with van der Waals surface area (Å²) in [5.41, 5.74) is 0.971. The molecule has 22 heavy (non-hydrogen) atoms. The Bertz CT molecular complexity index is 723. The predicted molar refractivity (Wildman–Crippen MR) is 84.5 cm³/mol. The molecule has 0 aliphatic rings. The van der Waals surface area contributed by atoms with Crippen LogP contribution >= 0.6 is 11.3 Å². The lowest BCUT2D eigenvalue weighted by atomic mass is 10.2. The average Bonchev–Trinajstić information content (AvgIpc) is 3.24. The Hall–Kier alpha value is -2.54. The highest BCUT2D eigenvalue weighted by Crippen LogP contribution is 2.22.